The van der Waals surface area contributed by atoms with Crippen molar-refractivity contribution in [1.29, 1.82) is 0 Å². The van der Waals surface area contributed by atoms with E-state index in [0.29, 0.717) is 13.2 Å². The molecule has 0 saturated carbocycles. The highest BCUT2D eigenvalue weighted by Gasteiger charge is 2.33. The molecule has 0 bridgehead atoms. The predicted octanol–water partition coefficient (Wildman–Crippen LogP) is 2.45. The largest absolute Gasteiger partial charge is 0.353 e. The Balaban J connectivity index is 1.88. The van der Waals surface area contributed by atoms with Crippen LogP contribution in [-0.4, -0.2) is 30.9 Å². The van der Waals surface area contributed by atoms with Crippen molar-refractivity contribution in [2.45, 2.75) is 45.0 Å². The molecule has 2 unspecified atom stereocenters. The van der Waals surface area contributed by atoms with Crippen LogP contribution in [0.15, 0.2) is 30.3 Å². The van der Waals surface area contributed by atoms with Crippen molar-refractivity contribution in [2.24, 2.45) is 0 Å². The molecular formula is C16H23NO3. The van der Waals surface area contributed by atoms with Gasteiger partial charge in [0.1, 0.15) is 6.10 Å². The van der Waals surface area contributed by atoms with Gasteiger partial charge in [0.2, 0.25) is 5.91 Å². The Morgan fingerprint density at radius 1 is 1.40 bits per heavy atom. The molecule has 1 amide bonds. The summed E-state index contributed by atoms with van der Waals surface area (Å²) in [5, 5.41) is 2.97. The first-order chi connectivity index (χ1) is 9.52. The fourth-order valence-electron chi connectivity index (χ4n) is 2.46. The van der Waals surface area contributed by atoms with Crippen LogP contribution < -0.4 is 5.32 Å². The van der Waals surface area contributed by atoms with Crippen LogP contribution in [0, 0.1) is 0 Å². The normalized spacial score (nSPS) is 22.4. The third kappa shape index (κ3) is 3.81. The first-order valence-electron chi connectivity index (χ1n) is 7.16. The average molecular weight is 277 g/mol. The summed E-state index contributed by atoms with van der Waals surface area (Å²) in [5.41, 5.74) is 1.05. The van der Waals surface area contributed by atoms with E-state index in [1.54, 1.807) is 0 Å². The number of ether oxygens (including phenoxy) is 2. The third-order valence-electron chi connectivity index (χ3n) is 3.50. The molecule has 1 aromatic carbocycles. The Kier molecular flexibility index (Phi) is 4.78. The number of carbonyl (C=O) groups excluding carboxylic acids is 1. The Morgan fingerprint density at radius 3 is 2.65 bits per heavy atom. The predicted molar refractivity (Wildman–Crippen MR) is 77.4 cm³/mol. The maximum absolute atomic E-state index is 12.3. The zero-order valence-electron chi connectivity index (χ0n) is 12.4. The van der Waals surface area contributed by atoms with Crippen LogP contribution in [-0.2, 0) is 14.3 Å². The van der Waals surface area contributed by atoms with Crippen molar-refractivity contribution in [3.8, 4) is 0 Å². The number of amides is 1. The summed E-state index contributed by atoms with van der Waals surface area (Å²) in [6.45, 7) is 6.80. The number of hydrogen-bond donors (Lipinski definition) is 1. The van der Waals surface area contributed by atoms with Gasteiger partial charge < -0.3 is 14.8 Å². The van der Waals surface area contributed by atoms with Gasteiger partial charge in [-0.1, -0.05) is 37.3 Å². The van der Waals surface area contributed by atoms with Gasteiger partial charge in [0.25, 0.3) is 0 Å². The maximum atomic E-state index is 12.3. The van der Waals surface area contributed by atoms with Gasteiger partial charge in [-0.2, -0.15) is 0 Å². The molecule has 0 radical (unpaired) electrons. The van der Waals surface area contributed by atoms with Crippen LogP contribution in [0.2, 0.25) is 0 Å². The fraction of sp³-hybridized carbons (Fsp3) is 0.562. The maximum Gasteiger partial charge on any atom is 0.227 e. The van der Waals surface area contributed by atoms with Crippen LogP contribution in [0.5, 0.6) is 0 Å². The molecule has 0 aliphatic carbocycles. The molecule has 20 heavy (non-hydrogen) atoms. The van der Waals surface area contributed by atoms with E-state index in [4.69, 9.17) is 9.47 Å². The first-order valence-corrected chi connectivity index (χ1v) is 7.16. The second-order valence-electron chi connectivity index (χ2n) is 5.57. The van der Waals surface area contributed by atoms with Crippen LogP contribution in [0.4, 0.5) is 0 Å². The van der Waals surface area contributed by atoms with E-state index in [-0.39, 0.29) is 17.9 Å². The van der Waals surface area contributed by atoms with Gasteiger partial charge in [-0.3, -0.25) is 4.79 Å². The lowest BCUT2D eigenvalue weighted by atomic mass is 9.95. The molecular weight excluding hydrogens is 254 g/mol. The monoisotopic (exact) mass is 277 g/mol. The van der Waals surface area contributed by atoms with E-state index < -0.39 is 5.79 Å². The summed E-state index contributed by atoms with van der Waals surface area (Å²) in [7, 11) is 0. The summed E-state index contributed by atoms with van der Waals surface area (Å²) in [6.07, 6.45) is 0.714. The van der Waals surface area contributed by atoms with Crippen LogP contribution in [0.25, 0.3) is 0 Å². The van der Waals surface area contributed by atoms with E-state index >= 15 is 0 Å². The van der Waals surface area contributed by atoms with Crippen molar-refractivity contribution in [1.82, 2.24) is 5.32 Å². The fourth-order valence-corrected chi connectivity index (χ4v) is 2.46. The quantitative estimate of drug-likeness (QED) is 0.899. The average Bonchev–Trinajstić information content (AvgIpc) is 2.78. The lowest BCUT2D eigenvalue weighted by molar-refractivity contribution is -0.139. The number of benzene rings is 1. The van der Waals surface area contributed by atoms with Crippen molar-refractivity contribution in [3.63, 3.8) is 0 Å². The van der Waals surface area contributed by atoms with Crippen LogP contribution in [0.3, 0.4) is 0 Å². The van der Waals surface area contributed by atoms with Gasteiger partial charge in [-0.25, -0.2) is 0 Å². The third-order valence-corrected chi connectivity index (χ3v) is 3.50. The summed E-state index contributed by atoms with van der Waals surface area (Å²) in [6, 6.07) is 9.86. The number of carbonyl (C=O) groups is 1. The Hall–Kier alpha value is -1.39. The highest BCUT2D eigenvalue weighted by atomic mass is 16.7. The van der Waals surface area contributed by atoms with Crippen LogP contribution in [0.1, 0.15) is 38.7 Å². The van der Waals surface area contributed by atoms with Crippen LogP contribution >= 0.6 is 0 Å². The first kappa shape index (κ1) is 15.0. The lowest BCUT2D eigenvalue weighted by Crippen LogP contribution is -2.37. The van der Waals surface area contributed by atoms with Gasteiger partial charge in [-0.05, 0) is 25.8 Å². The number of hydrogen-bond acceptors (Lipinski definition) is 3. The zero-order valence-corrected chi connectivity index (χ0v) is 12.4. The smallest absolute Gasteiger partial charge is 0.227 e. The number of nitrogens with one attached hydrogen (secondary N) is 1. The molecule has 0 spiro atoms. The molecule has 1 aromatic rings. The Bertz CT molecular complexity index is 444. The molecule has 110 valence electrons. The van der Waals surface area contributed by atoms with Crippen molar-refractivity contribution in [2.75, 3.05) is 13.2 Å². The topological polar surface area (TPSA) is 47.6 Å². The molecule has 4 nitrogen and oxygen atoms in total. The molecule has 4 heteroatoms. The minimum absolute atomic E-state index is 0.0482. The summed E-state index contributed by atoms with van der Waals surface area (Å²) in [4.78, 5) is 12.3. The standard InChI is InChI=1S/C16H23NO3/c1-4-14(12-8-6-5-7-9-12)15(18)17-10-13-11-19-16(2,3)20-13/h5-9,13-14H,4,10-11H2,1-3H3,(H,17,18). The molecule has 1 N–H and O–H groups in total. The number of rotatable bonds is 5. The van der Waals surface area contributed by atoms with Crippen molar-refractivity contribution < 1.29 is 14.3 Å². The SMILES string of the molecule is CCC(C(=O)NCC1COC(C)(C)O1)c1ccccc1. The summed E-state index contributed by atoms with van der Waals surface area (Å²) < 4.78 is 11.2. The second kappa shape index (κ2) is 6.37. The molecule has 1 fully saturated rings. The molecule has 2 rings (SSSR count). The van der Waals surface area contributed by atoms with Gasteiger partial charge in [-0.15, -0.1) is 0 Å². The lowest BCUT2D eigenvalue weighted by Gasteiger charge is -2.19. The molecule has 0 aromatic heterocycles. The van der Waals surface area contributed by atoms with Crippen molar-refractivity contribution >= 4 is 5.91 Å². The van der Waals surface area contributed by atoms with Gasteiger partial charge >= 0.3 is 0 Å². The zero-order chi connectivity index (χ0) is 14.6. The molecule has 1 aliphatic heterocycles. The highest BCUT2D eigenvalue weighted by molar-refractivity contribution is 5.83. The van der Waals surface area contributed by atoms with Crippen molar-refractivity contribution in [3.05, 3.63) is 35.9 Å². The summed E-state index contributed by atoms with van der Waals surface area (Å²) in [5.74, 6) is -0.600. The minimum Gasteiger partial charge on any atom is -0.353 e. The Morgan fingerprint density at radius 2 is 2.10 bits per heavy atom. The van der Waals surface area contributed by atoms with Gasteiger partial charge in [0, 0.05) is 6.54 Å². The molecule has 2 atom stereocenters. The van der Waals surface area contributed by atoms with E-state index in [2.05, 4.69) is 5.32 Å². The Labute approximate surface area is 120 Å². The highest BCUT2D eigenvalue weighted by Crippen LogP contribution is 2.22. The van der Waals surface area contributed by atoms with E-state index in [1.807, 2.05) is 51.1 Å². The molecule has 1 aliphatic rings. The second-order valence-corrected chi connectivity index (χ2v) is 5.57. The van der Waals surface area contributed by atoms with Gasteiger partial charge in [0.05, 0.1) is 12.5 Å². The molecule has 1 saturated heterocycles. The van der Waals surface area contributed by atoms with E-state index in [0.717, 1.165) is 12.0 Å². The molecule has 1 heterocycles. The van der Waals surface area contributed by atoms with E-state index in [9.17, 15) is 4.79 Å². The van der Waals surface area contributed by atoms with Gasteiger partial charge in [0.15, 0.2) is 5.79 Å². The minimum atomic E-state index is -0.543. The summed E-state index contributed by atoms with van der Waals surface area (Å²) >= 11 is 0. The van der Waals surface area contributed by atoms with E-state index in [1.165, 1.54) is 0 Å².